The van der Waals surface area contributed by atoms with E-state index in [4.69, 9.17) is 15.7 Å². The van der Waals surface area contributed by atoms with Gasteiger partial charge in [-0.25, -0.2) is 0 Å². The van der Waals surface area contributed by atoms with Crippen molar-refractivity contribution >= 4 is 21.8 Å². The van der Waals surface area contributed by atoms with Gasteiger partial charge in [0, 0.05) is 10.7 Å². The predicted molar refractivity (Wildman–Crippen MR) is 84.7 cm³/mol. The van der Waals surface area contributed by atoms with E-state index >= 15 is 0 Å². The van der Waals surface area contributed by atoms with Gasteiger partial charge in [0.2, 0.25) is 0 Å². The van der Waals surface area contributed by atoms with Crippen LogP contribution in [-0.4, -0.2) is 16.0 Å². The summed E-state index contributed by atoms with van der Waals surface area (Å²) in [5.74, 6) is 0.780. The number of oxime groups is 1. The maximum atomic E-state index is 8.66. The van der Waals surface area contributed by atoms with Crippen LogP contribution in [-0.2, 0) is 6.61 Å². The molecule has 0 aliphatic carbocycles. The third-order valence-corrected chi connectivity index (χ3v) is 4.26. The van der Waals surface area contributed by atoms with Crippen LogP contribution in [0.4, 0.5) is 0 Å². The Labute approximate surface area is 131 Å². The third-order valence-electron chi connectivity index (χ3n) is 3.01. The molecule has 1 aromatic carbocycles. The molecule has 0 fully saturated rings. The fraction of sp³-hybridized carbons (Fsp3) is 0.200. The highest BCUT2D eigenvalue weighted by molar-refractivity contribution is 9.10. The zero-order valence-electron chi connectivity index (χ0n) is 11.8. The lowest BCUT2D eigenvalue weighted by atomic mass is 10.1. The van der Waals surface area contributed by atoms with Gasteiger partial charge >= 0.3 is 0 Å². The summed E-state index contributed by atoms with van der Waals surface area (Å²) in [4.78, 5) is 4.03. The topological polar surface area (TPSA) is 80.7 Å². The number of hydrogen-bond acceptors (Lipinski definition) is 4. The molecule has 1 heterocycles. The second-order valence-corrected chi connectivity index (χ2v) is 5.49. The van der Waals surface area contributed by atoms with E-state index in [2.05, 4.69) is 26.1 Å². The highest BCUT2D eigenvalue weighted by Gasteiger charge is 2.05. The Hall–Kier alpha value is -2.08. The quantitative estimate of drug-likeness (QED) is 0.384. The molecule has 3 N–H and O–H groups in total. The summed E-state index contributed by atoms with van der Waals surface area (Å²) in [6.07, 6.45) is 1.60. The zero-order chi connectivity index (χ0) is 15.4. The first-order chi connectivity index (χ1) is 10.0. The third kappa shape index (κ3) is 3.72. The largest absolute Gasteiger partial charge is 0.489 e. The van der Waals surface area contributed by atoms with E-state index in [-0.39, 0.29) is 5.84 Å². The number of rotatable bonds is 4. The van der Waals surface area contributed by atoms with Crippen LogP contribution in [0, 0.1) is 13.8 Å². The van der Waals surface area contributed by atoms with Gasteiger partial charge in [-0.1, -0.05) is 21.1 Å². The molecule has 110 valence electrons. The summed E-state index contributed by atoms with van der Waals surface area (Å²) >= 11 is 3.53. The van der Waals surface area contributed by atoms with E-state index in [0.29, 0.717) is 12.3 Å². The van der Waals surface area contributed by atoms with Crippen LogP contribution in [0.25, 0.3) is 0 Å². The minimum Gasteiger partial charge on any atom is -0.489 e. The molecule has 0 saturated carbocycles. The normalized spacial score (nSPS) is 11.5. The first kappa shape index (κ1) is 15.3. The number of halogens is 1. The van der Waals surface area contributed by atoms with Crippen LogP contribution in [0.1, 0.15) is 22.4 Å². The van der Waals surface area contributed by atoms with Gasteiger partial charge in [-0.15, -0.1) is 0 Å². The first-order valence-electron chi connectivity index (χ1n) is 6.33. The lowest BCUT2D eigenvalue weighted by Crippen LogP contribution is -2.15. The smallest absolute Gasteiger partial charge is 0.188 e. The molecular formula is C15H16BrN3O2. The molecule has 0 saturated heterocycles. The van der Waals surface area contributed by atoms with Crippen LogP contribution in [0.2, 0.25) is 0 Å². The molecule has 1 aromatic heterocycles. The standard InChI is InChI=1S/C15H16BrN3O2/c1-9-5-12(6-10(2)14(9)16)21-8-11-3-4-18-13(7-11)15(17)19-20/h3-7,20H,8H2,1-2H3,(H2,17,19). The van der Waals surface area contributed by atoms with Gasteiger partial charge in [0.1, 0.15) is 18.1 Å². The summed E-state index contributed by atoms with van der Waals surface area (Å²) < 4.78 is 6.88. The lowest BCUT2D eigenvalue weighted by molar-refractivity contribution is 0.305. The van der Waals surface area contributed by atoms with Crippen molar-refractivity contribution in [1.82, 2.24) is 4.98 Å². The summed E-state index contributed by atoms with van der Waals surface area (Å²) in [5, 5.41) is 11.6. The van der Waals surface area contributed by atoms with Gasteiger partial charge in [-0.2, -0.15) is 0 Å². The fourth-order valence-corrected chi connectivity index (χ4v) is 2.14. The second-order valence-electron chi connectivity index (χ2n) is 4.69. The Balaban J connectivity index is 2.13. The number of pyridine rings is 1. The van der Waals surface area contributed by atoms with Crippen molar-refractivity contribution in [1.29, 1.82) is 0 Å². The Bertz CT molecular complexity index is 663. The number of amidine groups is 1. The highest BCUT2D eigenvalue weighted by atomic mass is 79.9. The molecule has 0 radical (unpaired) electrons. The lowest BCUT2D eigenvalue weighted by Gasteiger charge is -2.10. The van der Waals surface area contributed by atoms with Crippen LogP contribution in [0.5, 0.6) is 5.75 Å². The van der Waals surface area contributed by atoms with Gasteiger partial charge in [0.25, 0.3) is 0 Å². The molecule has 0 aliphatic heterocycles. The number of hydrogen-bond donors (Lipinski definition) is 2. The van der Waals surface area contributed by atoms with Crippen molar-refractivity contribution in [3.8, 4) is 5.75 Å². The highest BCUT2D eigenvalue weighted by Crippen LogP contribution is 2.26. The Morgan fingerprint density at radius 1 is 1.33 bits per heavy atom. The van der Waals surface area contributed by atoms with Crippen LogP contribution in [0.3, 0.4) is 0 Å². The Morgan fingerprint density at radius 2 is 2.00 bits per heavy atom. The molecule has 0 bridgehead atoms. The van der Waals surface area contributed by atoms with Crippen molar-refractivity contribution in [2.24, 2.45) is 10.9 Å². The Morgan fingerprint density at radius 3 is 2.62 bits per heavy atom. The summed E-state index contributed by atoms with van der Waals surface area (Å²) in [7, 11) is 0. The Kier molecular flexibility index (Phi) is 4.80. The van der Waals surface area contributed by atoms with Crippen molar-refractivity contribution in [2.75, 3.05) is 0 Å². The maximum Gasteiger partial charge on any atom is 0.188 e. The average Bonchev–Trinajstić information content (AvgIpc) is 2.50. The molecule has 0 aliphatic rings. The monoisotopic (exact) mass is 349 g/mol. The van der Waals surface area contributed by atoms with Crippen molar-refractivity contribution in [3.05, 3.63) is 57.3 Å². The van der Waals surface area contributed by atoms with Gasteiger partial charge in [0.05, 0.1) is 0 Å². The number of nitrogens with two attached hydrogens (primary N) is 1. The summed E-state index contributed by atoms with van der Waals surface area (Å²) in [6, 6.07) is 7.51. The van der Waals surface area contributed by atoms with Gasteiger partial charge in [-0.05, 0) is 54.8 Å². The molecule has 0 spiro atoms. The molecule has 21 heavy (non-hydrogen) atoms. The van der Waals surface area contributed by atoms with Crippen molar-refractivity contribution in [2.45, 2.75) is 20.5 Å². The van der Waals surface area contributed by atoms with Gasteiger partial charge < -0.3 is 15.7 Å². The molecule has 6 heteroatoms. The van der Waals surface area contributed by atoms with Crippen LogP contribution < -0.4 is 10.5 Å². The maximum absolute atomic E-state index is 8.66. The van der Waals surface area contributed by atoms with Gasteiger partial charge in [-0.3, -0.25) is 4.98 Å². The van der Waals surface area contributed by atoms with E-state index in [1.807, 2.05) is 32.0 Å². The molecule has 0 amide bonds. The zero-order valence-corrected chi connectivity index (χ0v) is 13.4. The van der Waals surface area contributed by atoms with E-state index in [9.17, 15) is 0 Å². The van der Waals surface area contributed by atoms with Crippen LogP contribution >= 0.6 is 15.9 Å². The minimum absolute atomic E-state index is 0.0211. The number of benzene rings is 1. The average molecular weight is 350 g/mol. The van der Waals surface area contributed by atoms with E-state index in [1.165, 1.54) is 0 Å². The summed E-state index contributed by atoms with van der Waals surface area (Å²) in [5.41, 5.74) is 9.07. The minimum atomic E-state index is -0.0211. The molecule has 2 aromatic rings. The molecule has 0 atom stereocenters. The second kappa shape index (κ2) is 6.58. The predicted octanol–water partition coefficient (Wildman–Crippen LogP) is 3.13. The summed E-state index contributed by atoms with van der Waals surface area (Å²) in [6.45, 7) is 4.43. The fourth-order valence-electron chi connectivity index (χ4n) is 1.91. The molecular weight excluding hydrogens is 334 g/mol. The van der Waals surface area contributed by atoms with E-state index in [0.717, 1.165) is 26.9 Å². The van der Waals surface area contributed by atoms with Crippen molar-refractivity contribution < 1.29 is 9.94 Å². The number of aryl methyl sites for hydroxylation is 2. The van der Waals surface area contributed by atoms with Crippen molar-refractivity contribution in [3.63, 3.8) is 0 Å². The number of nitrogens with zero attached hydrogens (tertiary/aromatic N) is 2. The first-order valence-corrected chi connectivity index (χ1v) is 7.13. The number of ether oxygens (including phenoxy) is 1. The molecule has 0 unspecified atom stereocenters. The van der Waals surface area contributed by atoms with Gasteiger partial charge in [0.15, 0.2) is 5.84 Å². The van der Waals surface area contributed by atoms with E-state index in [1.54, 1.807) is 12.3 Å². The van der Waals surface area contributed by atoms with Crippen LogP contribution in [0.15, 0.2) is 40.1 Å². The molecule has 5 nitrogen and oxygen atoms in total. The number of aromatic nitrogens is 1. The SMILES string of the molecule is Cc1cc(OCc2ccnc(/C(N)=N/O)c2)cc(C)c1Br. The molecule has 2 rings (SSSR count). The van der Waals surface area contributed by atoms with E-state index < -0.39 is 0 Å².